The van der Waals surface area contributed by atoms with Crippen LogP contribution in [0.3, 0.4) is 0 Å². The van der Waals surface area contributed by atoms with Crippen molar-refractivity contribution in [3.8, 4) is 0 Å². The average molecular weight is 494 g/mol. The van der Waals surface area contributed by atoms with Crippen LogP contribution in [-0.4, -0.2) is 38.6 Å². The minimum Gasteiger partial charge on any atom is -0.467 e. The fourth-order valence-corrected chi connectivity index (χ4v) is 4.15. The first-order valence-corrected chi connectivity index (χ1v) is 12.4. The molecular formula is C28H35N3O3S. The van der Waals surface area contributed by atoms with E-state index in [2.05, 4.69) is 41.5 Å². The summed E-state index contributed by atoms with van der Waals surface area (Å²) >= 11 is 5.57. The second-order valence-electron chi connectivity index (χ2n) is 9.83. The van der Waals surface area contributed by atoms with Gasteiger partial charge in [-0.2, -0.15) is 0 Å². The molecule has 0 aliphatic carbocycles. The lowest BCUT2D eigenvalue weighted by Gasteiger charge is -2.30. The predicted octanol–water partition coefficient (Wildman–Crippen LogP) is 5.81. The molecule has 1 amide bonds. The van der Waals surface area contributed by atoms with Crippen molar-refractivity contribution in [1.29, 1.82) is 0 Å². The summed E-state index contributed by atoms with van der Waals surface area (Å²) in [5.41, 5.74) is 1.77. The van der Waals surface area contributed by atoms with Crippen LogP contribution in [0.15, 0.2) is 79.4 Å². The summed E-state index contributed by atoms with van der Waals surface area (Å²) in [5, 5.41) is 3.41. The molecule has 3 atom stereocenters. The highest BCUT2D eigenvalue weighted by molar-refractivity contribution is 7.80. The average Bonchev–Trinajstić information content (AvgIpc) is 3.34. The molecule has 7 heteroatoms. The molecule has 3 rings (SSSR count). The lowest BCUT2D eigenvalue weighted by atomic mass is 9.90. The molecule has 1 heterocycles. The van der Waals surface area contributed by atoms with Crippen LogP contribution in [0.2, 0.25) is 0 Å². The van der Waals surface area contributed by atoms with Gasteiger partial charge in [0, 0.05) is 24.9 Å². The molecule has 0 saturated heterocycles. The third-order valence-corrected chi connectivity index (χ3v) is 5.87. The van der Waals surface area contributed by atoms with Gasteiger partial charge in [0.25, 0.3) is 5.17 Å². The van der Waals surface area contributed by atoms with Gasteiger partial charge < -0.3 is 14.8 Å². The zero-order chi connectivity index (χ0) is 25.3. The monoisotopic (exact) mass is 493 g/mol. The number of benzene rings is 2. The number of carbonyl (C=O) groups is 1. The van der Waals surface area contributed by atoms with E-state index in [0.717, 1.165) is 12.0 Å². The minimum atomic E-state index is -0.582. The number of thiocarbonyl (C=S) groups is 1. The lowest BCUT2D eigenvalue weighted by Crippen LogP contribution is -2.44. The largest absolute Gasteiger partial charge is 0.467 e. The summed E-state index contributed by atoms with van der Waals surface area (Å²) in [4.78, 5) is 16.8. The third-order valence-electron chi connectivity index (χ3n) is 5.57. The molecule has 0 fully saturated rings. The zero-order valence-electron chi connectivity index (χ0n) is 20.9. The number of amides is 1. The van der Waals surface area contributed by atoms with Crippen molar-refractivity contribution in [3.63, 3.8) is 0 Å². The number of alkyl carbamates (subject to hydrolysis) is 1. The standard InChI is InChI=1S/C28H35N3O3S/c1-21(17-22-11-7-5-8-12-22)25(33-27(35)31-16-15-29-20-31)19-24(18-23-13-9-6-10-14-23)30-26(32)34-28(2,3)4/h5-16,20-21,24-25H,17-19H2,1-4H3,(H,30,32)/t21-,24-,25-/m0/s1. The van der Waals surface area contributed by atoms with Gasteiger partial charge in [-0.15, -0.1) is 0 Å². The summed E-state index contributed by atoms with van der Waals surface area (Å²) in [6.45, 7) is 7.73. The molecule has 35 heavy (non-hydrogen) atoms. The van der Waals surface area contributed by atoms with Crippen molar-refractivity contribution in [3.05, 3.63) is 90.5 Å². The Hall–Kier alpha value is -3.19. The normalized spacial score (nSPS) is 13.9. The predicted molar refractivity (Wildman–Crippen MR) is 142 cm³/mol. The summed E-state index contributed by atoms with van der Waals surface area (Å²) in [6, 6.07) is 20.2. The molecule has 186 valence electrons. The van der Waals surface area contributed by atoms with Crippen LogP contribution in [0.4, 0.5) is 4.79 Å². The molecule has 3 aromatic rings. The first kappa shape index (κ1) is 26.4. The molecule has 1 aromatic heterocycles. The van der Waals surface area contributed by atoms with Gasteiger partial charge in [-0.05, 0) is 62.9 Å². The smallest absolute Gasteiger partial charge is 0.407 e. The molecule has 0 aliphatic rings. The second kappa shape index (κ2) is 12.5. The van der Waals surface area contributed by atoms with Gasteiger partial charge in [-0.3, -0.25) is 4.57 Å². The Morgan fingerprint density at radius 1 is 1.03 bits per heavy atom. The molecular weight excluding hydrogens is 458 g/mol. The molecule has 2 aromatic carbocycles. The number of nitrogens with one attached hydrogen (secondary N) is 1. The SMILES string of the molecule is C[C@@H](Cc1ccccc1)[C@H](C[C@H](Cc1ccccc1)NC(=O)OC(C)(C)C)OC(=S)n1ccnc1. The Morgan fingerprint density at radius 2 is 1.63 bits per heavy atom. The summed E-state index contributed by atoms with van der Waals surface area (Å²) in [5.74, 6) is 0.137. The number of aromatic nitrogens is 2. The van der Waals surface area contributed by atoms with E-state index in [0.29, 0.717) is 18.0 Å². The van der Waals surface area contributed by atoms with Crippen molar-refractivity contribution in [2.45, 2.75) is 64.7 Å². The van der Waals surface area contributed by atoms with Crippen LogP contribution in [0.25, 0.3) is 0 Å². The maximum Gasteiger partial charge on any atom is 0.407 e. The summed E-state index contributed by atoms with van der Waals surface area (Å²) in [7, 11) is 0. The highest BCUT2D eigenvalue weighted by Crippen LogP contribution is 2.22. The van der Waals surface area contributed by atoms with Crippen molar-refractivity contribution in [1.82, 2.24) is 14.9 Å². The quantitative estimate of drug-likeness (QED) is 0.381. The van der Waals surface area contributed by atoms with Gasteiger partial charge in [0.1, 0.15) is 18.0 Å². The minimum absolute atomic E-state index is 0.137. The van der Waals surface area contributed by atoms with Crippen molar-refractivity contribution in [2.24, 2.45) is 5.92 Å². The fraction of sp³-hybridized carbons (Fsp3) is 0.393. The van der Waals surface area contributed by atoms with Crippen molar-refractivity contribution < 1.29 is 14.3 Å². The van der Waals surface area contributed by atoms with E-state index in [4.69, 9.17) is 21.7 Å². The molecule has 0 spiro atoms. The highest BCUT2D eigenvalue weighted by atomic mass is 32.1. The van der Waals surface area contributed by atoms with Crippen molar-refractivity contribution in [2.75, 3.05) is 0 Å². The highest BCUT2D eigenvalue weighted by Gasteiger charge is 2.28. The Kier molecular flexibility index (Phi) is 9.43. The molecule has 0 bridgehead atoms. The van der Waals surface area contributed by atoms with Crippen LogP contribution < -0.4 is 5.32 Å². The molecule has 0 unspecified atom stereocenters. The number of hydrogen-bond donors (Lipinski definition) is 1. The van der Waals surface area contributed by atoms with E-state index in [1.54, 1.807) is 23.3 Å². The van der Waals surface area contributed by atoms with Gasteiger partial charge in [0.05, 0.1) is 0 Å². The molecule has 0 saturated carbocycles. The van der Waals surface area contributed by atoms with Crippen molar-refractivity contribution >= 4 is 23.5 Å². The first-order chi connectivity index (χ1) is 16.7. The zero-order valence-corrected chi connectivity index (χ0v) is 21.7. The van der Waals surface area contributed by atoms with Gasteiger partial charge in [0.15, 0.2) is 0 Å². The summed E-state index contributed by atoms with van der Waals surface area (Å²) in [6.07, 6.45) is 6.41. The van der Waals surface area contributed by atoms with E-state index in [-0.39, 0.29) is 18.1 Å². The van der Waals surface area contributed by atoms with E-state index in [1.807, 2.05) is 57.2 Å². The maximum atomic E-state index is 12.7. The van der Waals surface area contributed by atoms with Gasteiger partial charge >= 0.3 is 6.09 Å². The lowest BCUT2D eigenvalue weighted by molar-refractivity contribution is 0.0468. The number of hydrogen-bond acceptors (Lipinski definition) is 5. The van der Waals surface area contributed by atoms with Gasteiger partial charge in [-0.25, -0.2) is 9.78 Å². The Balaban J connectivity index is 1.81. The second-order valence-corrected chi connectivity index (χ2v) is 10.2. The molecule has 0 aliphatic heterocycles. The van der Waals surface area contributed by atoms with E-state index < -0.39 is 11.7 Å². The number of imidazole rings is 1. The number of ether oxygens (including phenoxy) is 2. The van der Waals surface area contributed by atoms with Crippen LogP contribution in [0, 0.1) is 5.92 Å². The van der Waals surface area contributed by atoms with E-state index in [1.165, 1.54) is 5.56 Å². The van der Waals surface area contributed by atoms with E-state index in [9.17, 15) is 4.79 Å². The first-order valence-electron chi connectivity index (χ1n) is 12.0. The number of rotatable bonds is 9. The third kappa shape index (κ3) is 9.17. The van der Waals surface area contributed by atoms with E-state index >= 15 is 0 Å². The van der Waals surface area contributed by atoms with Crippen LogP contribution >= 0.6 is 12.2 Å². The summed E-state index contributed by atoms with van der Waals surface area (Å²) < 4.78 is 13.6. The Bertz CT molecular complexity index is 1050. The fourth-order valence-electron chi connectivity index (χ4n) is 3.92. The number of carbonyl (C=O) groups excluding carboxylic acids is 1. The van der Waals surface area contributed by atoms with Crippen LogP contribution in [-0.2, 0) is 22.3 Å². The number of nitrogens with zero attached hydrogens (tertiary/aromatic N) is 2. The van der Waals surface area contributed by atoms with Gasteiger partial charge in [0.2, 0.25) is 0 Å². The Morgan fingerprint density at radius 3 is 2.17 bits per heavy atom. The topological polar surface area (TPSA) is 65.4 Å². The Labute approximate surface area is 213 Å². The molecule has 6 nitrogen and oxygen atoms in total. The maximum absolute atomic E-state index is 12.7. The molecule has 0 radical (unpaired) electrons. The molecule has 1 N–H and O–H groups in total. The van der Waals surface area contributed by atoms with Crippen LogP contribution in [0.5, 0.6) is 0 Å². The van der Waals surface area contributed by atoms with Gasteiger partial charge in [-0.1, -0.05) is 67.6 Å². The van der Waals surface area contributed by atoms with Crippen LogP contribution in [0.1, 0.15) is 45.2 Å².